The number of allylic oxidation sites excluding steroid dienone is 2. The van der Waals surface area contributed by atoms with Gasteiger partial charge in [-0.2, -0.15) is 14.0 Å². The van der Waals surface area contributed by atoms with Crippen LogP contribution in [0.1, 0.15) is 56.2 Å². The normalized spacial score (nSPS) is 16.5. The first-order valence-corrected chi connectivity index (χ1v) is 11.5. The van der Waals surface area contributed by atoms with E-state index in [1.165, 1.54) is 6.20 Å². The van der Waals surface area contributed by atoms with Crippen molar-refractivity contribution in [3.8, 4) is 11.8 Å². The largest absolute Gasteiger partial charge is 0.444 e. The number of carbonyl (C=O) groups excluding carboxylic acids is 2. The minimum Gasteiger partial charge on any atom is -0.444 e. The van der Waals surface area contributed by atoms with Crippen molar-refractivity contribution < 1.29 is 27.8 Å². The fourth-order valence-corrected chi connectivity index (χ4v) is 4.32. The molecule has 0 saturated carbocycles. The number of hydrogen-bond donors (Lipinski definition) is 0. The van der Waals surface area contributed by atoms with E-state index in [1.807, 2.05) is 12.1 Å². The molecule has 1 aromatic carbocycles. The third-order valence-electron chi connectivity index (χ3n) is 5.83. The number of halogens is 2. The lowest BCUT2D eigenvalue weighted by Gasteiger charge is -2.34. The molecule has 0 radical (unpaired) electrons. The van der Waals surface area contributed by atoms with Crippen LogP contribution >= 0.6 is 0 Å². The van der Waals surface area contributed by atoms with Gasteiger partial charge in [0.2, 0.25) is 5.78 Å². The van der Waals surface area contributed by atoms with Gasteiger partial charge in [0.05, 0.1) is 0 Å². The first-order valence-electron chi connectivity index (χ1n) is 11.5. The zero-order valence-corrected chi connectivity index (χ0v) is 20.7. The zero-order valence-electron chi connectivity index (χ0n) is 20.7. The molecule has 188 valence electrons. The Kier molecular flexibility index (Phi) is 7.83. The second kappa shape index (κ2) is 10.5. The number of Topliss-reactive ketones (excluding diaryl/α,β-unsaturated/α-hetero) is 1. The van der Waals surface area contributed by atoms with E-state index in [1.54, 1.807) is 56.8 Å². The van der Waals surface area contributed by atoms with Gasteiger partial charge in [-0.15, -0.1) is 0 Å². The molecule has 0 spiro atoms. The van der Waals surface area contributed by atoms with Crippen LogP contribution in [0.4, 0.5) is 13.6 Å². The van der Waals surface area contributed by atoms with Gasteiger partial charge in [0.15, 0.2) is 0 Å². The molecule has 2 aliphatic rings. The van der Waals surface area contributed by atoms with Crippen molar-refractivity contribution >= 4 is 18.0 Å². The Morgan fingerprint density at radius 3 is 2.43 bits per heavy atom. The predicted molar refractivity (Wildman–Crippen MR) is 127 cm³/mol. The molecule has 1 aromatic rings. The molecule has 9 heteroatoms. The number of piperidine rings is 1. The summed E-state index contributed by atoms with van der Waals surface area (Å²) in [6.45, 7) is 3.30. The molecule has 1 saturated heterocycles. The van der Waals surface area contributed by atoms with Crippen molar-refractivity contribution in [2.45, 2.75) is 58.2 Å². The fraction of sp³-hybridized carbons (Fsp3) is 0.500. The Morgan fingerprint density at radius 1 is 1.23 bits per heavy atom. The van der Waals surface area contributed by atoms with E-state index in [2.05, 4.69) is 0 Å². The molecular weight excluding hydrogens is 456 g/mol. The Balaban J connectivity index is 1.81. The van der Waals surface area contributed by atoms with Crippen LogP contribution in [0.15, 0.2) is 29.5 Å². The highest BCUT2D eigenvalue weighted by Gasteiger charge is 2.31. The lowest BCUT2D eigenvalue weighted by Crippen LogP contribution is -2.41. The van der Waals surface area contributed by atoms with Gasteiger partial charge in [-0.3, -0.25) is 4.79 Å². The molecule has 0 aromatic heterocycles. The summed E-state index contributed by atoms with van der Waals surface area (Å²) in [5, 5.41) is 9.37. The van der Waals surface area contributed by atoms with Crippen LogP contribution < -0.4 is 4.74 Å². The number of rotatable bonds is 6. The van der Waals surface area contributed by atoms with E-state index in [9.17, 15) is 23.6 Å². The molecule has 1 aliphatic heterocycles. The van der Waals surface area contributed by atoms with Crippen molar-refractivity contribution in [2.24, 2.45) is 0 Å². The number of nitrogens with zero attached hydrogens (tertiary/aromatic N) is 3. The Labute approximate surface area is 204 Å². The van der Waals surface area contributed by atoms with Crippen molar-refractivity contribution in [1.29, 1.82) is 5.26 Å². The average molecular weight is 488 g/mol. The zero-order chi connectivity index (χ0) is 25.9. The first-order chi connectivity index (χ1) is 16.4. The van der Waals surface area contributed by atoms with Crippen LogP contribution in [0, 0.1) is 11.3 Å². The van der Waals surface area contributed by atoms with Gasteiger partial charge < -0.3 is 19.3 Å². The number of fused-ring (bicyclic) bond motifs is 1. The minimum atomic E-state index is -2.99. The second-order valence-electron chi connectivity index (χ2n) is 10.0. The molecule has 1 heterocycles. The summed E-state index contributed by atoms with van der Waals surface area (Å²) in [7, 11) is 3.44. The lowest BCUT2D eigenvalue weighted by molar-refractivity contribution is -0.112. The Morgan fingerprint density at radius 2 is 1.89 bits per heavy atom. The number of nitriles is 1. The van der Waals surface area contributed by atoms with Crippen LogP contribution in [0.3, 0.4) is 0 Å². The summed E-state index contributed by atoms with van der Waals surface area (Å²) in [6.07, 6.45) is 4.15. The van der Waals surface area contributed by atoms with Crippen LogP contribution in [0.5, 0.6) is 5.75 Å². The van der Waals surface area contributed by atoms with Crippen molar-refractivity contribution in [3.63, 3.8) is 0 Å². The standard InChI is InChI=1S/C26H31F2N3O4/c1-26(2,3)35-25(33)31-8-6-16(7-9-31)21-12-17-10-19(23(32)20(14-29)15-30(4)5)11-18(17)13-22(21)34-24(27)28/h11-13,15-16,24H,6-10H2,1-5H3. The average Bonchev–Trinajstić information content (AvgIpc) is 3.18. The van der Waals surface area contributed by atoms with Crippen molar-refractivity contribution in [1.82, 2.24) is 9.80 Å². The summed E-state index contributed by atoms with van der Waals surface area (Å²) >= 11 is 0. The van der Waals surface area contributed by atoms with E-state index in [4.69, 9.17) is 9.47 Å². The third-order valence-corrected chi connectivity index (χ3v) is 5.83. The summed E-state index contributed by atoms with van der Waals surface area (Å²) in [5.41, 5.74) is 1.92. The monoisotopic (exact) mass is 487 g/mol. The number of ketones is 1. The van der Waals surface area contributed by atoms with Crippen LogP contribution in [0.25, 0.3) is 6.08 Å². The van der Waals surface area contributed by atoms with E-state index in [-0.39, 0.29) is 29.1 Å². The van der Waals surface area contributed by atoms with Crippen molar-refractivity contribution in [3.05, 3.63) is 46.2 Å². The quantitative estimate of drug-likeness (QED) is 0.420. The topological polar surface area (TPSA) is 82.9 Å². The maximum Gasteiger partial charge on any atom is 0.410 e. The molecule has 7 nitrogen and oxygen atoms in total. The minimum absolute atomic E-state index is 0.00727. The van der Waals surface area contributed by atoms with Gasteiger partial charge >= 0.3 is 12.7 Å². The highest BCUT2D eigenvalue weighted by Crippen LogP contribution is 2.40. The van der Waals surface area contributed by atoms with Gasteiger partial charge in [0, 0.05) is 45.4 Å². The second-order valence-corrected chi connectivity index (χ2v) is 10.0. The molecule has 0 N–H and O–H groups in total. The molecule has 1 fully saturated rings. The van der Waals surface area contributed by atoms with E-state index in [0.29, 0.717) is 49.1 Å². The Bertz CT molecular complexity index is 1090. The fourth-order valence-electron chi connectivity index (χ4n) is 4.32. The van der Waals surface area contributed by atoms with Gasteiger partial charge in [-0.1, -0.05) is 6.07 Å². The summed E-state index contributed by atoms with van der Waals surface area (Å²) in [5.74, 6) is -0.402. The molecule has 3 rings (SSSR count). The van der Waals surface area contributed by atoms with Gasteiger partial charge in [0.25, 0.3) is 0 Å². The molecule has 0 unspecified atom stereocenters. The first kappa shape index (κ1) is 26.2. The summed E-state index contributed by atoms with van der Waals surface area (Å²) in [4.78, 5) is 28.5. The third kappa shape index (κ3) is 6.59. The number of ether oxygens (including phenoxy) is 2. The summed E-state index contributed by atoms with van der Waals surface area (Å²) in [6, 6.07) is 5.29. The number of likely N-dealkylation sites (tertiary alicyclic amines) is 1. The number of hydrogen-bond acceptors (Lipinski definition) is 6. The van der Waals surface area contributed by atoms with Crippen LogP contribution in [0.2, 0.25) is 0 Å². The number of alkyl halides is 2. The molecule has 1 amide bonds. The number of benzene rings is 1. The van der Waals surface area contributed by atoms with Crippen LogP contribution in [-0.2, 0) is 16.0 Å². The Hall–Kier alpha value is -3.41. The SMILES string of the molecule is CN(C)C=C(C#N)C(=O)C1=Cc2cc(OC(F)F)c(C3CCN(C(=O)OC(C)(C)C)CC3)cc2C1. The number of amides is 1. The maximum absolute atomic E-state index is 13.2. The van der Waals surface area contributed by atoms with E-state index in [0.717, 1.165) is 5.56 Å². The molecular formula is C26H31F2N3O4. The molecule has 0 bridgehead atoms. The molecule has 1 aliphatic carbocycles. The smallest absolute Gasteiger partial charge is 0.410 e. The van der Waals surface area contributed by atoms with Gasteiger partial charge in [-0.05, 0) is 68.4 Å². The lowest BCUT2D eigenvalue weighted by atomic mass is 9.87. The maximum atomic E-state index is 13.2. The van der Waals surface area contributed by atoms with Gasteiger partial charge in [-0.25, -0.2) is 4.79 Å². The highest BCUT2D eigenvalue weighted by atomic mass is 19.3. The molecule has 35 heavy (non-hydrogen) atoms. The van der Waals surface area contributed by atoms with E-state index >= 15 is 0 Å². The molecule has 0 atom stereocenters. The van der Waals surface area contributed by atoms with E-state index < -0.39 is 12.2 Å². The van der Waals surface area contributed by atoms with Crippen LogP contribution in [-0.4, -0.2) is 61.1 Å². The summed E-state index contributed by atoms with van der Waals surface area (Å²) < 4.78 is 36.7. The predicted octanol–water partition coefficient (Wildman–Crippen LogP) is 4.88. The number of carbonyl (C=O) groups is 2. The van der Waals surface area contributed by atoms with Gasteiger partial charge in [0.1, 0.15) is 23.0 Å². The van der Waals surface area contributed by atoms with Crippen molar-refractivity contribution in [2.75, 3.05) is 27.2 Å². The highest BCUT2D eigenvalue weighted by molar-refractivity contribution is 6.14.